The molecular formula is C26H37Cl2N3O5. The van der Waals surface area contributed by atoms with Gasteiger partial charge in [-0.25, -0.2) is 4.79 Å². The van der Waals surface area contributed by atoms with Crippen molar-refractivity contribution in [3.8, 4) is 0 Å². The summed E-state index contributed by atoms with van der Waals surface area (Å²) in [6, 6.07) is 10.3. The molecule has 1 aromatic carbocycles. The van der Waals surface area contributed by atoms with Crippen LogP contribution >= 0.6 is 24.8 Å². The molecule has 2 aromatic rings. The van der Waals surface area contributed by atoms with Crippen molar-refractivity contribution in [3.05, 3.63) is 60.4 Å². The van der Waals surface area contributed by atoms with Crippen LogP contribution in [0.2, 0.25) is 0 Å². The number of halogens is 2. The van der Waals surface area contributed by atoms with E-state index in [-0.39, 0.29) is 31.4 Å². The number of anilines is 1. The average molecular weight is 543 g/mol. The Kier molecular flexibility index (Phi) is 14.3. The fourth-order valence-electron chi connectivity index (χ4n) is 3.82. The quantitative estimate of drug-likeness (QED) is 0.408. The van der Waals surface area contributed by atoms with E-state index >= 15 is 0 Å². The minimum Gasteiger partial charge on any atom is -0.480 e. The predicted octanol–water partition coefficient (Wildman–Crippen LogP) is 4.30. The maximum absolute atomic E-state index is 13.6. The number of benzene rings is 1. The molecule has 2 rings (SSSR count). The lowest BCUT2D eigenvalue weighted by Crippen LogP contribution is -2.58. The highest BCUT2D eigenvalue weighted by Gasteiger charge is 2.42. The lowest BCUT2D eigenvalue weighted by molar-refractivity contribution is -0.147. The lowest BCUT2D eigenvalue weighted by Gasteiger charge is -2.38. The molecule has 1 amide bonds. The molecule has 0 fully saturated rings. The number of rotatable bonds is 11. The number of carboxylic acids is 1. The SMILES string of the molecule is CCOC(=O)[C@H](CCc1ccccc1)NC(C)C(=O)N(c1cccnc1)[C@H](C(=O)O)C(C)(C)C.Cl.Cl. The van der Waals surface area contributed by atoms with Gasteiger partial charge in [0.1, 0.15) is 12.1 Å². The highest BCUT2D eigenvalue weighted by Crippen LogP contribution is 2.29. The molecule has 1 heterocycles. The van der Waals surface area contributed by atoms with Crippen LogP contribution < -0.4 is 10.2 Å². The molecule has 0 saturated heterocycles. The van der Waals surface area contributed by atoms with Crippen molar-refractivity contribution in [2.75, 3.05) is 11.5 Å². The molecule has 36 heavy (non-hydrogen) atoms. The van der Waals surface area contributed by atoms with Crippen molar-refractivity contribution in [2.24, 2.45) is 5.41 Å². The van der Waals surface area contributed by atoms with Crippen molar-refractivity contribution < 1.29 is 24.2 Å². The molecule has 0 radical (unpaired) electrons. The summed E-state index contributed by atoms with van der Waals surface area (Å²) in [5.41, 5.74) is 0.680. The summed E-state index contributed by atoms with van der Waals surface area (Å²) >= 11 is 0. The summed E-state index contributed by atoms with van der Waals surface area (Å²) < 4.78 is 5.23. The maximum atomic E-state index is 13.6. The first kappa shape index (κ1) is 33.3. The number of nitrogens with zero attached hydrogens (tertiary/aromatic N) is 2. The summed E-state index contributed by atoms with van der Waals surface area (Å²) in [5.74, 6) is -2.04. The molecule has 8 nitrogen and oxygen atoms in total. The largest absolute Gasteiger partial charge is 0.480 e. The van der Waals surface area contributed by atoms with E-state index in [2.05, 4.69) is 10.3 Å². The number of nitrogens with one attached hydrogen (secondary N) is 1. The number of carbonyl (C=O) groups is 3. The second-order valence-corrected chi connectivity index (χ2v) is 9.24. The summed E-state index contributed by atoms with van der Waals surface area (Å²) in [4.78, 5) is 43.9. The smallest absolute Gasteiger partial charge is 0.327 e. The van der Waals surface area contributed by atoms with Gasteiger partial charge in [-0.2, -0.15) is 0 Å². The number of ether oxygens (including phenoxy) is 1. The Morgan fingerprint density at radius 2 is 1.72 bits per heavy atom. The molecule has 200 valence electrons. The van der Waals surface area contributed by atoms with Crippen LogP contribution in [0.15, 0.2) is 54.9 Å². The van der Waals surface area contributed by atoms with Crippen LogP contribution in [0.25, 0.3) is 0 Å². The summed E-state index contributed by atoms with van der Waals surface area (Å²) in [5, 5.41) is 13.1. The molecule has 10 heteroatoms. The van der Waals surface area contributed by atoms with Gasteiger partial charge in [0.25, 0.3) is 0 Å². The van der Waals surface area contributed by atoms with E-state index in [1.165, 1.54) is 11.1 Å². The van der Waals surface area contributed by atoms with Crippen molar-refractivity contribution in [2.45, 2.75) is 65.6 Å². The summed E-state index contributed by atoms with van der Waals surface area (Å²) in [6.45, 7) is 8.87. The third kappa shape index (κ3) is 9.41. The predicted molar refractivity (Wildman–Crippen MR) is 145 cm³/mol. The van der Waals surface area contributed by atoms with Crippen LogP contribution in [0, 0.1) is 5.41 Å². The average Bonchev–Trinajstić information content (AvgIpc) is 2.79. The topological polar surface area (TPSA) is 109 Å². The molecule has 1 aromatic heterocycles. The van der Waals surface area contributed by atoms with Crippen LogP contribution in [0.1, 0.15) is 46.6 Å². The molecule has 0 bridgehead atoms. The van der Waals surface area contributed by atoms with E-state index in [0.29, 0.717) is 18.5 Å². The number of aryl methyl sites for hydroxylation is 1. The van der Waals surface area contributed by atoms with Gasteiger partial charge in [0.2, 0.25) is 5.91 Å². The Balaban J connectivity index is 0.00000612. The minimum absolute atomic E-state index is 0. The van der Waals surface area contributed by atoms with Gasteiger partial charge >= 0.3 is 11.9 Å². The molecular weight excluding hydrogens is 505 g/mol. The van der Waals surface area contributed by atoms with Gasteiger partial charge in [0, 0.05) is 6.20 Å². The van der Waals surface area contributed by atoms with Gasteiger partial charge < -0.3 is 9.84 Å². The number of hydrogen-bond acceptors (Lipinski definition) is 6. The maximum Gasteiger partial charge on any atom is 0.327 e. The zero-order valence-corrected chi connectivity index (χ0v) is 23.0. The van der Waals surface area contributed by atoms with Crippen LogP contribution in [0.5, 0.6) is 0 Å². The van der Waals surface area contributed by atoms with E-state index in [0.717, 1.165) is 5.56 Å². The number of carboxylic acid groups (broad SMARTS) is 1. The Labute approximate surface area is 225 Å². The number of amides is 1. The van der Waals surface area contributed by atoms with Crippen LogP contribution in [-0.2, 0) is 25.5 Å². The van der Waals surface area contributed by atoms with Crippen LogP contribution in [0.4, 0.5) is 5.69 Å². The standard InChI is InChI=1S/C26H35N3O5.2ClH/c1-6-34-25(33)21(15-14-19-11-8-7-9-12-19)28-18(2)23(30)29(20-13-10-16-27-17-20)22(24(31)32)26(3,4)5;;/h7-13,16-18,21-22,28H,6,14-15H2,1-5H3,(H,31,32);2*1H/t18?,21-,22+;;/m0../s1. The van der Waals surface area contributed by atoms with E-state index in [4.69, 9.17) is 4.74 Å². The van der Waals surface area contributed by atoms with Gasteiger partial charge in [0.15, 0.2) is 0 Å². The number of carbonyl (C=O) groups excluding carboxylic acids is 2. The Morgan fingerprint density at radius 3 is 2.22 bits per heavy atom. The third-order valence-corrected chi connectivity index (χ3v) is 5.43. The van der Waals surface area contributed by atoms with E-state index in [9.17, 15) is 19.5 Å². The highest BCUT2D eigenvalue weighted by atomic mass is 35.5. The molecule has 0 aliphatic heterocycles. The van der Waals surface area contributed by atoms with Crippen molar-refractivity contribution >= 4 is 48.3 Å². The first-order valence-corrected chi connectivity index (χ1v) is 11.5. The Hall–Kier alpha value is -2.68. The molecule has 0 aliphatic rings. The number of aliphatic carboxylic acids is 1. The second kappa shape index (κ2) is 15.4. The van der Waals surface area contributed by atoms with Gasteiger partial charge in [-0.15, -0.1) is 24.8 Å². The fraction of sp³-hybridized carbons (Fsp3) is 0.462. The second-order valence-electron chi connectivity index (χ2n) is 9.24. The number of aromatic nitrogens is 1. The monoisotopic (exact) mass is 541 g/mol. The molecule has 0 spiro atoms. The Morgan fingerprint density at radius 1 is 1.08 bits per heavy atom. The minimum atomic E-state index is -1.14. The zero-order chi connectivity index (χ0) is 25.3. The first-order valence-electron chi connectivity index (χ1n) is 11.5. The fourth-order valence-corrected chi connectivity index (χ4v) is 3.82. The summed E-state index contributed by atoms with van der Waals surface area (Å²) in [6.07, 6.45) is 4.06. The number of pyridine rings is 1. The normalized spacial score (nSPS) is 13.2. The van der Waals surface area contributed by atoms with Gasteiger partial charge in [-0.1, -0.05) is 51.1 Å². The Bertz CT molecular complexity index is 955. The zero-order valence-electron chi connectivity index (χ0n) is 21.3. The molecule has 0 saturated carbocycles. The molecule has 0 aliphatic carbocycles. The number of esters is 1. The highest BCUT2D eigenvalue weighted by molar-refractivity contribution is 6.02. The molecule has 1 unspecified atom stereocenters. The first-order chi connectivity index (χ1) is 16.1. The van der Waals surface area contributed by atoms with Gasteiger partial charge in [0.05, 0.1) is 24.5 Å². The lowest BCUT2D eigenvalue weighted by atomic mass is 9.85. The van der Waals surface area contributed by atoms with Crippen molar-refractivity contribution in [1.82, 2.24) is 10.3 Å². The van der Waals surface area contributed by atoms with Gasteiger partial charge in [-0.05, 0) is 49.8 Å². The molecule has 2 N–H and O–H groups in total. The summed E-state index contributed by atoms with van der Waals surface area (Å²) in [7, 11) is 0. The van der Waals surface area contributed by atoms with Crippen LogP contribution in [-0.4, -0.2) is 52.7 Å². The van der Waals surface area contributed by atoms with E-state index < -0.39 is 41.4 Å². The molecule has 3 atom stereocenters. The van der Waals surface area contributed by atoms with Crippen molar-refractivity contribution in [1.29, 1.82) is 0 Å². The van der Waals surface area contributed by atoms with E-state index in [1.54, 1.807) is 52.9 Å². The van der Waals surface area contributed by atoms with Gasteiger partial charge in [-0.3, -0.25) is 24.8 Å². The number of hydrogen-bond donors (Lipinski definition) is 2. The van der Waals surface area contributed by atoms with Crippen molar-refractivity contribution in [3.63, 3.8) is 0 Å². The van der Waals surface area contributed by atoms with Crippen LogP contribution in [0.3, 0.4) is 0 Å². The third-order valence-electron chi connectivity index (χ3n) is 5.43. The van der Waals surface area contributed by atoms with E-state index in [1.807, 2.05) is 30.3 Å².